The van der Waals surface area contributed by atoms with Crippen molar-refractivity contribution in [2.45, 2.75) is 38.3 Å². The molecule has 1 amide bonds. The van der Waals surface area contributed by atoms with E-state index in [9.17, 15) is 4.79 Å². The smallest absolute Gasteiger partial charge is 0.219 e. The SMILES string of the molecule is CCNC1(CC(N)=O)CCOC1C. The summed E-state index contributed by atoms with van der Waals surface area (Å²) < 4.78 is 5.45. The molecule has 3 N–H and O–H groups in total. The predicted molar refractivity (Wildman–Crippen MR) is 50.3 cm³/mol. The minimum absolute atomic E-state index is 0.0694. The molecule has 0 aliphatic carbocycles. The van der Waals surface area contributed by atoms with E-state index in [1.165, 1.54) is 0 Å². The van der Waals surface area contributed by atoms with Crippen molar-refractivity contribution < 1.29 is 9.53 Å². The van der Waals surface area contributed by atoms with Crippen LogP contribution in [-0.2, 0) is 9.53 Å². The second kappa shape index (κ2) is 4.07. The second-order valence-corrected chi connectivity index (χ2v) is 3.59. The maximum atomic E-state index is 10.9. The summed E-state index contributed by atoms with van der Waals surface area (Å²) in [4.78, 5) is 10.9. The lowest BCUT2D eigenvalue weighted by Crippen LogP contribution is -2.52. The largest absolute Gasteiger partial charge is 0.376 e. The summed E-state index contributed by atoms with van der Waals surface area (Å²) in [5.41, 5.74) is 4.99. The lowest BCUT2D eigenvalue weighted by atomic mass is 9.88. The van der Waals surface area contributed by atoms with Crippen LogP contribution < -0.4 is 11.1 Å². The normalized spacial score (nSPS) is 33.5. The van der Waals surface area contributed by atoms with Gasteiger partial charge in [0, 0.05) is 13.0 Å². The number of ether oxygens (including phenoxy) is 1. The summed E-state index contributed by atoms with van der Waals surface area (Å²) in [7, 11) is 0. The maximum absolute atomic E-state index is 10.9. The van der Waals surface area contributed by atoms with Crippen molar-refractivity contribution in [3.8, 4) is 0 Å². The molecule has 1 aliphatic heterocycles. The average Bonchev–Trinajstić information content (AvgIpc) is 2.32. The van der Waals surface area contributed by atoms with Gasteiger partial charge in [-0.15, -0.1) is 0 Å². The Morgan fingerprint density at radius 3 is 2.85 bits per heavy atom. The molecule has 2 atom stereocenters. The monoisotopic (exact) mass is 186 g/mol. The van der Waals surface area contributed by atoms with E-state index < -0.39 is 0 Å². The first-order valence-corrected chi connectivity index (χ1v) is 4.75. The van der Waals surface area contributed by atoms with Gasteiger partial charge in [-0.2, -0.15) is 0 Å². The first-order valence-electron chi connectivity index (χ1n) is 4.75. The summed E-state index contributed by atoms with van der Waals surface area (Å²) in [5.74, 6) is -0.265. The molecule has 4 heteroatoms. The van der Waals surface area contributed by atoms with E-state index in [-0.39, 0.29) is 17.6 Å². The molecule has 1 rings (SSSR count). The van der Waals surface area contributed by atoms with Crippen molar-refractivity contribution in [2.75, 3.05) is 13.2 Å². The minimum atomic E-state index is -0.265. The Morgan fingerprint density at radius 1 is 1.77 bits per heavy atom. The van der Waals surface area contributed by atoms with Crippen molar-refractivity contribution in [3.05, 3.63) is 0 Å². The summed E-state index contributed by atoms with van der Waals surface area (Å²) in [5, 5.41) is 3.31. The summed E-state index contributed by atoms with van der Waals surface area (Å²) in [6.45, 7) is 5.55. The first kappa shape index (κ1) is 10.5. The molecule has 0 bridgehead atoms. The zero-order valence-electron chi connectivity index (χ0n) is 8.30. The average molecular weight is 186 g/mol. The van der Waals surface area contributed by atoms with Crippen LogP contribution in [0.2, 0.25) is 0 Å². The molecule has 1 saturated heterocycles. The minimum Gasteiger partial charge on any atom is -0.376 e. The lowest BCUT2D eigenvalue weighted by Gasteiger charge is -2.31. The van der Waals surface area contributed by atoms with Crippen LogP contribution in [0.15, 0.2) is 0 Å². The number of rotatable bonds is 4. The number of hydrogen-bond donors (Lipinski definition) is 2. The molecule has 0 aromatic rings. The van der Waals surface area contributed by atoms with Gasteiger partial charge < -0.3 is 15.8 Å². The van der Waals surface area contributed by atoms with Gasteiger partial charge in [-0.05, 0) is 19.9 Å². The first-order chi connectivity index (χ1) is 6.10. The van der Waals surface area contributed by atoms with Crippen LogP contribution >= 0.6 is 0 Å². The van der Waals surface area contributed by atoms with E-state index >= 15 is 0 Å². The molecule has 0 aromatic heterocycles. The third kappa shape index (κ3) is 2.19. The molecule has 2 unspecified atom stereocenters. The van der Waals surface area contributed by atoms with Gasteiger partial charge in [0.1, 0.15) is 0 Å². The van der Waals surface area contributed by atoms with Gasteiger partial charge in [-0.25, -0.2) is 0 Å². The number of carbonyl (C=O) groups excluding carboxylic acids is 1. The van der Waals surface area contributed by atoms with Crippen LogP contribution in [0.1, 0.15) is 26.7 Å². The van der Waals surface area contributed by atoms with Crippen LogP contribution in [0, 0.1) is 0 Å². The second-order valence-electron chi connectivity index (χ2n) is 3.59. The Kier molecular flexibility index (Phi) is 3.27. The topological polar surface area (TPSA) is 64.3 Å². The fourth-order valence-corrected chi connectivity index (χ4v) is 1.97. The van der Waals surface area contributed by atoms with Crippen LogP contribution in [0.3, 0.4) is 0 Å². The summed E-state index contributed by atoms with van der Waals surface area (Å²) >= 11 is 0. The number of carbonyl (C=O) groups is 1. The Labute approximate surface area is 78.8 Å². The van der Waals surface area contributed by atoms with Crippen molar-refractivity contribution in [3.63, 3.8) is 0 Å². The third-order valence-electron chi connectivity index (χ3n) is 2.71. The zero-order valence-corrected chi connectivity index (χ0v) is 8.30. The van der Waals surface area contributed by atoms with E-state index in [4.69, 9.17) is 10.5 Å². The number of primary amides is 1. The molecular formula is C9H18N2O2. The Bertz CT molecular complexity index is 196. The molecule has 1 heterocycles. The molecular weight excluding hydrogens is 168 g/mol. The Morgan fingerprint density at radius 2 is 2.46 bits per heavy atom. The number of nitrogens with one attached hydrogen (secondary N) is 1. The molecule has 0 radical (unpaired) electrons. The summed E-state index contributed by atoms with van der Waals surface area (Å²) in [6, 6.07) is 0. The third-order valence-corrected chi connectivity index (χ3v) is 2.71. The number of likely N-dealkylation sites (N-methyl/N-ethyl adjacent to an activating group) is 1. The van der Waals surface area contributed by atoms with Crippen LogP contribution in [0.4, 0.5) is 0 Å². The van der Waals surface area contributed by atoms with Crippen LogP contribution in [0.25, 0.3) is 0 Å². The van der Waals surface area contributed by atoms with Crippen molar-refractivity contribution >= 4 is 5.91 Å². The predicted octanol–water partition coefficient (Wildman–Crippen LogP) is 0.0189. The van der Waals surface area contributed by atoms with Crippen LogP contribution in [0.5, 0.6) is 0 Å². The molecule has 4 nitrogen and oxygen atoms in total. The highest BCUT2D eigenvalue weighted by Crippen LogP contribution is 2.28. The highest BCUT2D eigenvalue weighted by molar-refractivity contribution is 5.75. The fraction of sp³-hybridized carbons (Fsp3) is 0.889. The quantitative estimate of drug-likeness (QED) is 0.650. The van der Waals surface area contributed by atoms with Crippen molar-refractivity contribution in [2.24, 2.45) is 5.73 Å². The van der Waals surface area contributed by atoms with Gasteiger partial charge in [0.15, 0.2) is 0 Å². The highest BCUT2D eigenvalue weighted by Gasteiger charge is 2.41. The van der Waals surface area contributed by atoms with Gasteiger partial charge in [0.05, 0.1) is 11.6 Å². The zero-order chi connectivity index (χ0) is 9.90. The number of nitrogens with two attached hydrogens (primary N) is 1. The van der Waals surface area contributed by atoms with Gasteiger partial charge >= 0.3 is 0 Å². The van der Waals surface area contributed by atoms with E-state index in [0.717, 1.165) is 13.0 Å². The van der Waals surface area contributed by atoms with Gasteiger partial charge in [0.25, 0.3) is 0 Å². The van der Waals surface area contributed by atoms with E-state index in [0.29, 0.717) is 13.0 Å². The van der Waals surface area contributed by atoms with Crippen LogP contribution in [-0.4, -0.2) is 30.7 Å². The molecule has 0 spiro atoms. The van der Waals surface area contributed by atoms with Gasteiger partial charge in [0.2, 0.25) is 5.91 Å². The van der Waals surface area contributed by atoms with E-state index in [1.54, 1.807) is 0 Å². The lowest BCUT2D eigenvalue weighted by molar-refractivity contribution is -0.120. The Balaban J connectivity index is 2.67. The number of amides is 1. The van der Waals surface area contributed by atoms with Gasteiger partial charge in [-0.3, -0.25) is 4.79 Å². The maximum Gasteiger partial charge on any atom is 0.219 e. The van der Waals surface area contributed by atoms with Crippen molar-refractivity contribution in [1.82, 2.24) is 5.32 Å². The molecule has 1 aliphatic rings. The standard InChI is InChI=1S/C9H18N2O2/c1-3-11-9(6-8(10)12)4-5-13-7(9)2/h7,11H,3-6H2,1-2H3,(H2,10,12). The number of hydrogen-bond acceptors (Lipinski definition) is 3. The molecule has 13 heavy (non-hydrogen) atoms. The summed E-state index contributed by atoms with van der Waals surface area (Å²) in [6.07, 6.45) is 1.30. The molecule has 0 saturated carbocycles. The van der Waals surface area contributed by atoms with Crippen molar-refractivity contribution in [1.29, 1.82) is 0 Å². The molecule has 76 valence electrons. The molecule has 1 fully saturated rings. The van der Waals surface area contributed by atoms with Gasteiger partial charge in [-0.1, -0.05) is 6.92 Å². The van der Waals surface area contributed by atoms with E-state index in [2.05, 4.69) is 5.32 Å². The highest BCUT2D eigenvalue weighted by atomic mass is 16.5. The van der Waals surface area contributed by atoms with E-state index in [1.807, 2.05) is 13.8 Å². The molecule has 0 aromatic carbocycles. The fourth-order valence-electron chi connectivity index (χ4n) is 1.97. The Hall–Kier alpha value is -0.610.